The van der Waals surface area contributed by atoms with Gasteiger partial charge in [0.2, 0.25) is 0 Å². The largest absolute Gasteiger partial charge is 0.494 e. The summed E-state index contributed by atoms with van der Waals surface area (Å²) in [5, 5.41) is 3.79. The zero-order valence-electron chi connectivity index (χ0n) is 13.2. The van der Waals surface area contributed by atoms with E-state index in [9.17, 15) is 0 Å². The van der Waals surface area contributed by atoms with Gasteiger partial charge in [0.25, 0.3) is 0 Å². The highest BCUT2D eigenvalue weighted by Gasteiger charge is 2.22. The predicted octanol–water partition coefficient (Wildman–Crippen LogP) is 3.44. The lowest BCUT2D eigenvalue weighted by molar-refractivity contribution is 0.280. The van der Waals surface area contributed by atoms with Crippen LogP contribution in [0.4, 0.5) is 5.69 Å². The van der Waals surface area contributed by atoms with Crippen LogP contribution >= 0.6 is 0 Å². The molecule has 1 aliphatic heterocycles. The fourth-order valence-electron chi connectivity index (χ4n) is 3.33. The number of piperidine rings is 1. The van der Waals surface area contributed by atoms with Crippen molar-refractivity contribution in [3.05, 3.63) is 24.3 Å². The first kappa shape index (κ1) is 14.7. The first-order valence-corrected chi connectivity index (χ1v) is 8.56. The van der Waals surface area contributed by atoms with E-state index in [1.807, 2.05) is 6.92 Å². The number of hydrogen-bond acceptors (Lipinski definition) is 3. The van der Waals surface area contributed by atoms with Crippen LogP contribution in [0.1, 0.15) is 39.0 Å². The third kappa shape index (κ3) is 3.91. The Labute approximate surface area is 128 Å². The van der Waals surface area contributed by atoms with Gasteiger partial charge in [-0.25, -0.2) is 0 Å². The lowest BCUT2D eigenvalue weighted by Gasteiger charge is -2.36. The second kappa shape index (κ2) is 7.17. The Morgan fingerprint density at radius 2 is 1.95 bits per heavy atom. The van der Waals surface area contributed by atoms with E-state index in [2.05, 4.69) is 34.5 Å². The molecule has 3 nitrogen and oxygen atoms in total. The highest BCUT2D eigenvalue weighted by Crippen LogP contribution is 2.26. The molecule has 21 heavy (non-hydrogen) atoms. The molecule has 1 aromatic rings. The van der Waals surface area contributed by atoms with Crippen molar-refractivity contribution in [3.63, 3.8) is 0 Å². The second-order valence-corrected chi connectivity index (χ2v) is 6.42. The fourth-order valence-corrected chi connectivity index (χ4v) is 3.33. The van der Waals surface area contributed by atoms with Gasteiger partial charge in [0.05, 0.1) is 6.61 Å². The van der Waals surface area contributed by atoms with Gasteiger partial charge in [-0.2, -0.15) is 0 Å². The van der Waals surface area contributed by atoms with Gasteiger partial charge in [0.1, 0.15) is 5.75 Å². The molecule has 0 bridgehead atoms. The van der Waals surface area contributed by atoms with E-state index in [0.29, 0.717) is 6.04 Å². The van der Waals surface area contributed by atoms with Crippen LogP contribution in [-0.2, 0) is 0 Å². The molecule has 1 saturated heterocycles. The van der Waals surface area contributed by atoms with Crippen LogP contribution in [0.2, 0.25) is 0 Å². The van der Waals surface area contributed by atoms with Gasteiger partial charge >= 0.3 is 0 Å². The van der Waals surface area contributed by atoms with Crippen LogP contribution in [0.5, 0.6) is 5.75 Å². The van der Waals surface area contributed by atoms with Gasteiger partial charge in [-0.1, -0.05) is 6.42 Å². The number of anilines is 1. The molecule has 3 heteroatoms. The maximum absolute atomic E-state index is 5.52. The van der Waals surface area contributed by atoms with Gasteiger partial charge in [-0.05, 0) is 69.3 Å². The number of rotatable bonds is 6. The Morgan fingerprint density at radius 1 is 1.14 bits per heavy atom. The van der Waals surface area contributed by atoms with Crippen LogP contribution in [0.25, 0.3) is 0 Å². The molecule has 1 N–H and O–H groups in total. The Morgan fingerprint density at radius 3 is 2.62 bits per heavy atom. The lowest BCUT2D eigenvalue weighted by Crippen LogP contribution is -2.47. The minimum absolute atomic E-state index is 0.658. The van der Waals surface area contributed by atoms with Gasteiger partial charge in [0.15, 0.2) is 0 Å². The summed E-state index contributed by atoms with van der Waals surface area (Å²) in [4.78, 5) is 2.51. The lowest BCUT2D eigenvalue weighted by atomic mass is 9.85. The average Bonchev–Trinajstić information content (AvgIpc) is 2.47. The minimum atomic E-state index is 0.658. The smallest absolute Gasteiger partial charge is 0.119 e. The predicted molar refractivity (Wildman–Crippen MR) is 88.2 cm³/mol. The number of hydrogen-bond donors (Lipinski definition) is 1. The van der Waals surface area contributed by atoms with Crippen molar-refractivity contribution in [3.8, 4) is 5.75 Å². The number of nitrogens with one attached hydrogen (secondary N) is 1. The van der Waals surface area contributed by atoms with Crippen LogP contribution in [-0.4, -0.2) is 32.3 Å². The van der Waals surface area contributed by atoms with E-state index in [0.717, 1.165) is 24.8 Å². The van der Waals surface area contributed by atoms with E-state index in [1.165, 1.54) is 50.9 Å². The van der Waals surface area contributed by atoms with E-state index < -0.39 is 0 Å². The minimum Gasteiger partial charge on any atom is -0.494 e. The molecule has 2 fully saturated rings. The zero-order chi connectivity index (χ0) is 14.5. The van der Waals surface area contributed by atoms with Crippen molar-refractivity contribution in [2.45, 2.75) is 45.1 Å². The number of ether oxygens (including phenoxy) is 1. The van der Waals surface area contributed by atoms with E-state index in [1.54, 1.807) is 0 Å². The van der Waals surface area contributed by atoms with Crippen molar-refractivity contribution >= 4 is 5.69 Å². The Bertz CT molecular complexity index is 427. The molecule has 2 aliphatic rings. The van der Waals surface area contributed by atoms with Crippen LogP contribution in [0.3, 0.4) is 0 Å². The van der Waals surface area contributed by atoms with E-state index in [4.69, 9.17) is 4.74 Å². The quantitative estimate of drug-likeness (QED) is 0.868. The Kier molecular flexibility index (Phi) is 5.02. The molecular weight excluding hydrogens is 260 g/mol. The topological polar surface area (TPSA) is 24.5 Å². The summed E-state index contributed by atoms with van der Waals surface area (Å²) < 4.78 is 5.52. The molecule has 116 valence electrons. The summed E-state index contributed by atoms with van der Waals surface area (Å²) in [5.41, 5.74) is 1.33. The highest BCUT2D eigenvalue weighted by molar-refractivity contribution is 5.49. The first-order chi connectivity index (χ1) is 10.3. The van der Waals surface area contributed by atoms with Crippen molar-refractivity contribution in [2.24, 2.45) is 5.92 Å². The molecular formula is C18H28N2O. The molecule has 1 heterocycles. The van der Waals surface area contributed by atoms with Crippen LogP contribution < -0.4 is 15.0 Å². The third-order valence-corrected chi connectivity index (χ3v) is 4.85. The Balaban J connectivity index is 1.51. The molecule has 3 rings (SSSR count). The molecule has 0 aromatic heterocycles. The van der Waals surface area contributed by atoms with Gasteiger partial charge in [-0.15, -0.1) is 0 Å². The van der Waals surface area contributed by atoms with Crippen molar-refractivity contribution in [2.75, 3.05) is 31.1 Å². The SMILES string of the molecule is CCOc1ccc(N2CCCC(NCC3CCC3)C2)cc1. The molecule has 1 aliphatic carbocycles. The standard InChI is InChI=1S/C18H28N2O/c1-2-21-18-10-8-17(9-11-18)20-12-4-7-16(14-20)19-13-15-5-3-6-15/h8-11,15-16,19H,2-7,12-14H2,1H3. The normalized spacial score (nSPS) is 22.9. The second-order valence-electron chi connectivity index (χ2n) is 6.42. The summed E-state index contributed by atoms with van der Waals surface area (Å²) in [6, 6.07) is 9.22. The molecule has 0 radical (unpaired) electrons. The Hall–Kier alpha value is -1.22. The first-order valence-electron chi connectivity index (χ1n) is 8.56. The van der Waals surface area contributed by atoms with E-state index in [-0.39, 0.29) is 0 Å². The van der Waals surface area contributed by atoms with Gasteiger partial charge < -0.3 is 15.0 Å². The number of nitrogens with zero attached hydrogens (tertiary/aromatic N) is 1. The third-order valence-electron chi connectivity index (χ3n) is 4.85. The zero-order valence-corrected chi connectivity index (χ0v) is 13.2. The van der Waals surface area contributed by atoms with Gasteiger partial charge in [-0.3, -0.25) is 0 Å². The summed E-state index contributed by atoms with van der Waals surface area (Å²) in [5.74, 6) is 1.92. The van der Waals surface area contributed by atoms with Crippen LogP contribution in [0, 0.1) is 5.92 Å². The van der Waals surface area contributed by atoms with Crippen molar-refractivity contribution in [1.82, 2.24) is 5.32 Å². The summed E-state index contributed by atoms with van der Waals surface area (Å²) >= 11 is 0. The summed E-state index contributed by atoms with van der Waals surface area (Å²) in [6.07, 6.45) is 6.91. The summed E-state index contributed by atoms with van der Waals surface area (Å²) in [6.45, 7) is 6.30. The van der Waals surface area contributed by atoms with E-state index >= 15 is 0 Å². The monoisotopic (exact) mass is 288 g/mol. The summed E-state index contributed by atoms with van der Waals surface area (Å²) in [7, 11) is 0. The molecule has 0 spiro atoms. The maximum atomic E-state index is 5.52. The molecule has 1 unspecified atom stereocenters. The van der Waals surface area contributed by atoms with Crippen LogP contribution in [0.15, 0.2) is 24.3 Å². The number of benzene rings is 1. The molecule has 1 aromatic carbocycles. The van der Waals surface area contributed by atoms with Crippen molar-refractivity contribution < 1.29 is 4.74 Å². The molecule has 0 amide bonds. The molecule has 1 saturated carbocycles. The highest BCUT2D eigenvalue weighted by atomic mass is 16.5. The van der Waals surface area contributed by atoms with Crippen molar-refractivity contribution in [1.29, 1.82) is 0 Å². The average molecular weight is 288 g/mol. The molecule has 1 atom stereocenters. The fraction of sp³-hybridized carbons (Fsp3) is 0.667. The maximum Gasteiger partial charge on any atom is 0.119 e. The van der Waals surface area contributed by atoms with Gasteiger partial charge in [0, 0.05) is 24.8 Å².